The zero-order valence-electron chi connectivity index (χ0n) is 9.50. The molecule has 1 heterocycles. The first-order chi connectivity index (χ1) is 8.95. The maximum atomic E-state index is 10.8. The van der Waals surface area contributed by atoms with Gasteiger partial charge < -0.3 is 5.11 Å². The second-order valence-corrected chi connectivity index (χ2v) is 4.97. The quantitative estimate of drug-likeness (QED) is 0.662. The molecule has 0 fully saturated rings. The molecule has 7 nitrogen and oxygen atoms in total. The summed E-state index contributed by atoms with van der Waals surface area (Å²) in [6.07, 6.45) is 1.23. The Labute approximate surface area is 109 Å². The van der Waals surface area contributed by atoms with Crippen LogP contribution in [0.3, 0.4) is 0 Å². The number of aromatic nitrogens is 1. The lowest BCUT2D eigenvalue weighted by molar-refractivity contribution is 0.472. The summed E-state index contributed by atoms with van der Waals surface area (Å²) in [6.45, 7) is 0. The van der Waals surface area contributed by atoms with E-state index in [1.807, 2.05) is 0 Å². The van der Waals surface area contributed by atoms with Gasteiger partial charge in [-0.1, -0.05) is 0 Å². The van der Waals surface area contributed by atoms with Crippen LogP contribution < -0.4 is 0 Å². The number of azo groups is 1. The number of benzene rings is 1. The molecule has 0 saturated carbocycles. The Kier molecular flexibility index (Phi) is 3.54. The summed E-state index contributed by atoms with van der Waals surface area (Å²) >= 11 is 0. The summed E-state index contributed by atoms with van der Waals surface area (Å²) in [5, 5.41) is 16.7. The van der Waals surface area contributed by atoms with E-state index in [9.17, 15) is 8.42 Å². The molecule has 1 aromatic carbocycles. The molecule has 98 valence electrons. The maximum absolute atomic E-state index is 10.8. The minimum atomic E-state index is -4.20. The van der Waals surface area contributed by atoms with Crippen LogP contribution >= 0.6 is 0 Å². The van der Waals surface area contributed by atoms with Crippen molar-refractivity contribution in [3.05, 3.63) is 42.6 Å². The van der Waals surface area contributed by atoms with Gasteiger partial charge >= 0.3 is 0 Å². The van der Waals surface area contributed by atoms with Crippen molar-refractivity contribution in [3.8, 4) is 5.75 Å². The maximum Gasteiger partial charge on any atom is 0.294 e. The van der Waals surface area contributed by atoms with Crippen LogP contribution in [0.2, 0.25) is 0 Å². The van der Waals surface area contributed by atoms with E-state index in [4.69, 9.17) is 9.66 Å². The molecular weight excluding hydrogens is 270 g/mol. The van der Waals surface area contributed by atoms with Crippen LogP contribution in [0.4, 0.5) is 11.5 Å². The van der Waals surface area contributed by atoms with Crippen molar-refractivity contribution in [2.75, 3.05) is 0 Å². The summed E-state index contributed by atoms with van der Waals surface area (Å²) in [5.74, 6) is 0.327. The molecule has 8 heteroatoms. The molecule has 1 aromatic heterocycles. The summed E-state index contributed by atoms with van der Waals surface area (Å²) in [5.41, 5.74) is 0.405. The third-order valence-electron chi connectivity index (χ3n) is 2.13. The first-order valence-electron chi connectivity index (χ1n) is 5.09. The van der Waals surface area contributed by atoms with Crippen LogP contribution in [0.5, 0.6) is 5.75 Å². The minimum absolute atomic E-state index is 0.0245. The third kappa shape index (κ3) is 3.57. The van der Waals surface area contributed by atoms with Crippen molar-refractivity contribution in [3.63, 3.8) is 0 Å². The van der Waals surface area contributed by atoms with E-state index in [1.165, 1.54) is 42.6 Å². The summed E-state index contributed by atoms with van der Waals surface area (Å²) in [6, 6.07) is 8.12. The van der Waals surface area contributed by atoms with Crippen LogP contribution in [0.15, 0.2) is 57.7 Å². The molecule has 19 heavy (non-hydrogen) atoms. The molecule has 2 aromatic rings. The van der Waals surface area contributed by atoms with Gasteiger partial charge in [0.15, 0.2) is 5.82 Å². The van der Waals surface area contributed by atoms with Crippen LogP contribution in [0, 0.1) is 0 Å². The fourth-order valence-electron chi connectivity index (χ4n) is 1.23. The lowest BCUT2D eigenvalue weighted by Gasteiger charge is -1.97. The summed E-state index contributed by atoms with van der Waals surface area (Å²) in [4.78, 5) is 3.59. The Balaban J connectivity index is 2.18. The molecular formula is C11H9N3O4S. The lowest BCUT2D eigenvalue weighted by Crippen LogP contribution is -1.96. The second-order valence-electron chi connectivity index (χ2n) is 3.54. The highest BCUT2D eigenvalue weighted by Crippen LogP contribution is 2.19. The van der Waals surface area contributed by atoms with Gasteiger partial charge in [0.25, 0.3) is 10.1 Å². The summed E-state index contributed by atoms with van der Waals surface area (Å²) < 4.78 is 30.4. The Hall–Kier alpha value is -2.32. The third-order valence-corrected chi connectivity index (χ3v) is 3.00. The standard InChI is InChI=1S/C11H9N3O4S/c15-9-3-6-11(12-7-9)14-13-8-1-4-10(5-2-8)19(16,17)18/h1-7,15H,(H,16,17,18). The predicted molar refractivity (Wildman–Crippen MR) is 66.3 cm³/mol. The predicted octanol–water partition coefficient (Wildman–Crippen LogP) is 2.45. The van der Waals surface area contributed by atoms with Gasteiger partial charge in [-0.15, -0.1) is 10.2 Å². The largest absolute Gasteiger partial charge is 0.506 e. The monoisotopic (exact) mass is 279 g/mol. The molecule has 0 unspecified atom stereocenters. The Bertz CT molecular complexity index is 694. The molecule has 0 aliphatic heterocycles. The van der Waals surface area contributed by atoms with Crippen molar-refractivity contribution in [2.45, 2.75) is 4.90 Å². The zero-order valence-corrected chi connectivity index (χ0v) is 10.3. The van der Waals surface area contributed by atoms with E-state index < -0.39 is 10.1 Å². The highest BCUT2D eigenvalue weighted by atomic mass is 32.2. The number of pyridine rings is 1. The molecule has 0 atom stereocenters. The molecule has 0 aliphatic rings. The van der Waals surface area contributed by atoms with Crippen molar-refractivity contribution < 1.29 is 18.1 Å². The molecule has 0 spiro atoms. The molecule has 0 saturated heterocycles. The fourth-order valence-corrected chi connectivity index (χ4v) is 1.71. The van der Waals surface area contributed by atoms with Crippen molar-refractivity contribution >= 4 is 21.6 Å². The number of rotatable bonds is 3. The molecule has 0 aliphatic carbocycles. The van der Waals surface area contributed by atoms with Gasteiger partial charge in [0.1, 0.15) is 5.75 Å². The van der Waals surface area contributed by atoms with Gasteiger partial charge in [0.05, 0.1) is 16.8 Å². The molecule has 2 N–H and O–H groups in total. The van der Waals surface area contributed by atoms with E-state index in [0.29, 0.717) is 11.5 Å². The SMILES string of the molecule is O=S(=O)(O)c1ccc(N=Nc2ccc(O)cn2)cc1. The lowest BCUT2D eigenvalue weighted by atomic mass is 10.3. The normalized spacial score (nSPS) is 11.8. The Morgan fingerprint density at radius 3 is 2.21 bits per heavy atom. The van der Waals surface area contributed by atoms with Gasteiger partial charge in [-0.3, -0.25) is 4.55 Å². The average Bonchev–Trinajstić information content (AvgIpc) is 2.37. The van der Waals surface area contributed by atoms with Crippen LogP contribution in [-0.4, -0.2) is 23.1 Å². The van der Waals surface area contributed by atoms with E-state index in [2.05, 4.69) is 15.2 Å². The van der Waals surface area contributed by atoms with Gasteiger partial charge in [-0.2, -0.15) is 8.42 Å². The second kappa shape index (κ2) is 5.12. The first-order valence-corrected chi connectivity index (χ1v) is 6.53. The van der Waals surface area contributed by atoms with Crippen molar-refractivity contribution in [1.82, 2.24) is 4.98 Å². The topological polar surface area (TPSA) is 112 Å². The van der Waals surface area contributed by atoms with E-state index in [0.717, 1.165) is 0 Å². The van der Waals surface area contributed by atoms with E-state index >= 15 is 0 Å². The molecule has 0 radical (unpaired) electrons. The fraction of sp³-hybridized carbons (Fsp3) is 0. The van der Waals surface area contributed by atoms with Crippen LogP contribution in [0.1, 0.15) is 0 Å². The summed E-state index contributed by atoms with van der Waals surface area (Å²) in [7, 11) is -4.20. The number of nitrogens with zero attached hydrogens (tertiary/aromatic N) is 3. The van der Waals surface area contributed by atoms with Gasteiger partial charge in [-0.05, 0) is 36.4 Å². The minimum Gasteiger partial charge on any atom is -0.506 e. The van der Waals surface area contributed by atoms with E-state index in [-0.39, 0.29) is 10.6 Å². The zero-order chi connectivity index (χ0) is 13.9. The van der Waals surface area contributed by atoms with Gasteiger partial charge in [0, 0.05) is 0 Å². The smallest absolute Gasteiger partial charge is 0.294 e. The highest BCUT2D eigenvalue weighted by Gasteiger charge is 2.07. The highest BCUT2D eigenvalue weighted by molar-refractivity contribution is 7.85. The number of aromatic hydroxyl groups is 1. The van der Waals surface area contributed by atoms with Gasteiger partial charge in [0.2, 0.25) is 0 Å². The molecule has 2 rings (SSSR count). The Morgan fingerprint density at radius 1 is 1.00 bits per heavy atom. The molecule has 0 amide bonds. The average molecular weight is 279 g/mol. The number of hydrogen-bond acceptors (Lipinski definition) is 6. The first kappa shape index (κ1) is 13.1. The van der Waals surface area contributed by atoms with Gasteiger partial charge in [-0.25, -0.2) is 4.98 Å². The Morgan fingerprint density at radius 2 is 1.68 bits per heavy atom. The van der Waals surface area contributed by atoms with Crippen LogP contribution in [0.25, 0.3) is 0 Å². The van der Waals surface area contributed by atoms with Crippen LogP contribution in [-0.2, 0) is 10.1 Å². The number of hydrogen-bond donors (Lipinski definition) is 2. The molecule has 0 bridgehead atoms. The van der Waals surface area contributed by atoms with Crippen molar-refractivity contribution in [1.29, 1.82) is 0 Å². The van der Waals surface area contributed by atoms with E-state index in [1.54, 1.807) is 0 Å². The van der Waals surface area contributed by atoms with Crippen molar-refractivity contribution in [2.24, 2.45) is 10.2 Å².